The van der Waals surface area contributed by atoms with Gasteiger partial charge in [0.2, 0.25) is 5.75 Å². The highest BCUT2D eigenvalue weighted by atomic mass is 19.2. The van der Waals surface area contributed by atoms with Crippen molar-refractivity contribution >= 4 is 23.1 Å². The molecule has 2 aliphatic heterocycles. The molecule has 0 aliphatic carbocycles. The zero-order chi connectivity index (χ0) is 31.8. The molecule has 0 unspecified atom stereocenters. The summed E-state index contributed by atoms with van der Waals surface area (Å²) in [6.45, 7) is 3.39. The minimum atomic E-state index is -0.941. The average molecular weight is 628 g/mol. The molecule has 2 aliphatic rings. The summed E-state index contributed by atoms with van der Waals surface area (Å²) in [5.41, 5.74) is 3.19. The molecule has 0 saturated carbocycles. The fraction of sp³-hybridized carbons (Fsp3) is 0.273. The Kier molecular flexibility index (Phi) is 7.83. The number of aromatic nitrogens is 4. The summed E-state index contributed by atoms with van der Waals surface area (Å²) >= 11 is 0. The molecule has 5 aromatic rings. The summed E-state index contributed by atoms with van der Waals surface area (Å²) in [4.78, 5) is 45.6. The smallest absolute Gasteiger partial charge is 0.324 e. The van der Waals surface area contributed by atoms with Crippen molar-refractivity contribution in [1.29, 1.82) is 0 Å². The van der Waals surface area contributed by atoms with Crippen molar-refractivity contribution in [3.63, 3.8) is 0 Å². The highest BCUT2D eigenvalue weighted by molar-refractivity contribution is 5.98. The second-order valence-corrected chi connectivity index (χ2v) is 11.3. The van der Waals surface area contributed by atoms with E-state index in [-0.39, 0.29) is 42.0 Å². The van der Waals surface area contributed by atoms with Crippen LogP contribution in [0.25, 0.3) is 17.2 Å². The largest absolute Gasteiger partial charge is 0.481 e. The first-order valence-corrected chi connectivity index (χ1v) is 15.0. The maximum Gasteiger partial charge on any atom is 0.324 e. The van der Waals surface area contributed by atoms with Gasteiger partial charge < -0.3 is 24.3 Å². The number of carbonyl (C=O) groups excluding carboxylic acids is 1. The molecule has 236 valence electrons. The van der Waals surface area contributed by atoms with Gasteiger partial charge in [-0.15, -0.1) is 0 Å². The number of nitrogens with zero attached hydrogens (tertiary/aromatic N) is 6. The van der Waals surface area contributed by atoms with Gasteiger partial charge in [0.1, 0.15) is 6.61 Å². The molecule has 2 fully saturated rings. The predicted octanol–water partition coefficient (Wildman–Crippen LogP) is 4.24. The normalized spacial score (nSPS) is 15.3. The molecule has 3 aromatic heterocycles. The number of rotatable bonds is 8. The van der Waals surface area contributed by atoms with Crippen LogP contribution < -0.4 is 20.1 Å². The number of hydrogen-bond donors (Lipinski definition) is 1. The monoisotopic (exact) mass is 627 g/mol. The van der Waals surface area contributed by atoms with Crippen LogP contribution in [0.5, 0.6) is 5.75 Å². The number of anilines is 2. The average Bonchev–Trinajstić information content (AvgIpc) is 3.68. The van der Waals surface area contributed by atoms with Gasteiger partial charge in [-0.1, -0.05) is 36.4 Å². The minimum Gasteiger partial charge on any atom is -0.481 e. The van der Waals surface area contributed by atoms with E-state index >= 15 is 0 Å². The maximum absolute atomic E-state index is 14.4. The van der Waals surface area contributed by atoms with Crippen LogP contribution in [0.4, 0.5) is 25.0 Å². The van der Waals surface area contributed by atoms with Gasteiger partial charge in [-0.05, 0) is 29.3 Å². The van der Waals surface area contributed by atoms with Crippen LogP contribution in [0.1, 0.15) is 16.8 Å². The first kappa shape index (κ1) is 29.4. The van der Waals surface area contributed by atoms with E-state index in [4.69, 9.17) is 14.5 Å². The number of morpholine rings is 1. The number of pyridine rings is 1. The number of fused-ring (bicyclic) bond motifs is 1. The third-order valence-electron chi connectivity index (χ3n) is 8.19. The lowest BCUT2D eigenvalue weighted by Gasteiger charge is -2.30. The summed E-state index contributed by atoms with van der Waals surface area (Å²) in [7, 11) is 1.73. The van der Waals surface area contributed by atoms with Crippen molar-refractivity contribution < 1.29 is 23.0 Å². The van der Waals surface area contributed by atoms with E-state index in [0.29, 0.717) is 56.3 Å². The van der Waals surface area contributed by atoms with Crippen LogP contribution in [-0.4, -0.2) is 76.7 Å². The van der Waals surface area contributed by atoms with Crippen molar-refractivity contribution in [3.8, 4) is 17.3 Å². The predicted molar refractivity (Wildman–Crippen MR) is 167 cm³/mol. The lowest BCUT2D eigenvalue weighted by atomic mass is 10.1. The third-order valence-corrected chi connectivity index (χ3v) is 8.19. The number of benzene rings is 2. The van der Waals surface area contributed by atoms with E-state index < -0.39 is 17.2 Å². The van der Waals surface area contributed by atoms with E-state index in [1.54, 1.807) is 29.2 Å². The Hall–Kier alpha value is -5.30. The molecule has 11 nitrogen and oxygen atoms in total. The van der Waals surface area contributed by atoms with E-state index in [9.17, 15) is 18.4 Å². The molecule has 0 atom stereocenters. The van der Waals surface area contributed by atoms with Crippen molar-refractivity contribution in [2.24, 2.45) is 0 Å². The van der Waals surface area contributed by atoms with E-state index in [1.807, 2.05) is 36.4 Å². The van der Waals surface area contributed by atoms with Crippen molar-refractivity contribution in [3.05, 3.63) is 106 Å². The number of nitrogens with one attached hydrogen (secondary N) is 1. The van der Waals surface area contributed by atoms with E-state index in [1.165, 1.54) is 10.5 Å². The van der Waals surface area contributed by atoms with Gasteiger partial charge in [0.05, 0.1) is 24.6 Å². The molecule has 0 spiro atoms. The van der Waals surface area contributed by atoms with E-state index in [0.717, 1.165) is 23.4 Å². The van der Waals surface area contributed by atoms with Gasteiger partial charge >= 0.3 is 11.6 Å². The summed E-state index contributed by atoms with van der Waals surface area (Å²) in [5.74, 6) is -1.63. The fourth-order valence-corrected chi connectivity index (χ4v) is 5.72. The second-order valence-electron chi connectivity index (χ2n) is 11.3. The fourth-order valence-electron chi connectivity index (χ4n) is 5.72. The zero-order valence-electron chi connectivity index (χ0n) is 25.1. The van der Waals surface area contributed by atoms with Crippen LogP contribution >= 0.6 is 0 Å². The molecular weight excluding hydrogens is 596 g/mol. The van der Waals surface area contributed by atoms with Gasteiger partial charge in [0, 0.05) is 57.7 Å². The number of ether oxygens (including phenoxy) is 2. The topological polar surface area (TPSA) is 108 Å². The number of carbonyl (C=O) groups is 1. The summed E-state index contributed by atoms with van der Waals surface area (Å²) in [6, 6.07) is 14.8. The number of amides is 2. The van der Waals surface area contributed by atoms with Gasteiger partial charge in [-0.25, -0.2) is 23.5 Å². The highest BCUT2D eigenvalue weighted by Gasteiger charge is 2.31. The number of hydrogen-bond acceptors (Lipinski definition) is 7. The maximum atomic E-state index is 14.4. The Balaban J connectivity index is 1.37. The molecule has 13 heteroatoms. The van der Waals surface area contributed by atoms with Crippen molar-refractivity contribution in [2.45, 2.75) is 13.0 Å². The van der Waals surface area contributed by atoms with Crippen LogP contribution in [0.2, 0.25) is 0 Å². The quantitative estimate of drug-likeness (QED) is 0.274. The van der Waals surface area contributed by atoms with Gasteiger partial charge in [-0.2, -0.15) is 0 Å². The van der Waals surface area contributed by atoms with Crippen LogP contribution in [0.15, 0.2) is 71.8 Å². The third kappa shape index (κ3) is 5.65. The summed E-state index contributed by atoms with van der Waals surface area (Å²) in [5, 5.41) is 0. The highest BCUT2D eigenvalue weighted by Crippen LogP contribution is 2.33. The van der Waals surface area contributed by atoms with Crippen LogP contribution in [-0.2, 0) is 17.8 Å². The second kappa shape index (κ2) is 12.2. The molecule has 5 heterocycles. The molecule has 0 radical (unpaired) electrons. The molecule has 2 amide bonds. The van der Waals surface area contributed by atoms with Gasteiger partial charge in [0.25, 0.3) is 0 Å². The summed E-state index contributed by atoms with van der Waals surface area (Å²) < 4.78 is 40.6. The zero-order valence-corrected chi connectivity index (χ0v) is 25.1. The Morgan fingerprint density at radius 3 is 2.50 bits per heavy atom. The first-order valence-electron chi connectivity index (χ1n) is 15.0. The van der Waals surface area contributed by atoms with Crippen LogP contribution in [0, 0.1) is 11.6 Å². The SMILES string of the molecule is CN1CCN(c2cc(N3CCOCC3)cn3c(=O)c(OCc4ccccc4)c(-c4ncc(Cc5ccc(F)c(F)c5)[nH]4)nc23)C1=O. The molecule has 1 N–H and O–H groups in total. The lowest BCUT2D eigenvalue weighted by molar-refractivity contribution is 0.122. The lowest BCUT2D eigenvalue weighted by Crippen LogP contribution is -2.37. The van der Waals surface area contributed by atoms with Crippen molar-refractivity contribution in [1.82, 2.24) is 24.3 Å². The Labute approximate surface area is 262 Å². The van der Waals surface area contributed by atoms with Crippen molar-refractivity contribution in [2.75, 3.05) is 56.2 Å². The molecule has 2 aromatic carbocycles. The molecule has 0 bridgehead atoms. The number of imidazole rings is 1. The number of halogens is 2. The van der Waals surface area contributed by atoms with E-state index in [2.05, 4.69) is 14.9 Å². The first-order chi connectivity index (χ1) is 22.4. The van der Waals surface area contributed by atoms with Gasteiger partial charge in [0.15, 0.2) is 28.8 Å². The van der Waals surface area contributed by atoms with Gasteiger partial charge in [-0.3, -0.25) is 14.1 Å². The molecular formula is C33H31F2N7O4. The Bertz CT molecular complexity index is 1970. The summed E-state index contributed by atoms with van der Waals surface area (Å²) in [6.07, 6.45) is 3.52. The molecule has 7 rings (SSSR count). The number of likely N-dealkylation sites (N-methyl/N-ethyl adjacent to an activating group) is 1. The standard InChI is InChI=1S/C33H31F2N7O4/c1-39-9-10-41(33(39)44)27-17-24(40-11-13-45-14-12-40)19-42-31(27)38-28(29(32(42)43)46-20-21-5-3-2-4-6-21)30-36-18-23(37-30)15-22-7-8-25(34)26(35)16-22/h2-8,16-19H,9-15,20H2,1H3,(H,36,37). The molecule has 46 heavy (non-hydrogen) atoms. The number of aromatic amines is 1. The number of H-pyrrole nitrogens is 1. The number of urea groups is 1. The Morgan fingerprint density at radius 2 is 1.76 bits per heavy atom. The molecule has 2 saturated heterocycles. The Morgan fingerprint density at radius 1 is 0.957 bits per heavy atom. The minimum absolute atomic E-state index is 0.0231. The van der Waals surface area contributed by atoms with Crippen LogP contribution in [0.3, 0.4) is 0 Å².